The minimum Gasteiger partial charge on any atom is -0.409 e. The van der Waals surface area contributed by atoms with Crippen LogP contribution in [-0.4, -0.2) is 16.0 Å². The highest BCUT2D eigenvalue weighted by Crippen LogP contribution is 2.32. The molecule has 0 aromatic heterocycles. The highest BCUT2D eigenvalue weighted by atomic mass is 32.2. The molecule has 0 aliphatic carbocycles. The summed E-state index contributed by atoms with van der Waals surface area (Å²) < 4.78 is 0. The lowest BCUT2D eigenvalue weighted by molar-refractivity contribution is -0.384. The van der Waals surface area contributed by atoms with E-state index >= 15 is 0 Å². The Labute approximate surface area is 125 Å². The number of non-ortho nitro benzene ring substituents is 1. The van der Waals surface area contributed by atoms with Crippen LogP contribution in [0.15, 0.2) is 57.4 Å². The van der Waals surface area contributed by atoms with Gasteiger partial charge in [-0.2, -0.15) is 0 Å². The maximum absolute atomic E-state index is 10.8. The predicted octanol–water partition coefficient (Wildman–Crippen LogP) is 3.15. The van der Waals surface area contributed by atoms with E-state index in [9.17, 15) is 10.1 Å². The standard InChI is InChI=1S/C14H13N3O3S/c1-9-2-5-11(6-3-9)21-13-7-4-10(17(19)20)8-12(13)14(15)16-18/h2-8,18H,1H3,(H2,15,16). The summed E-state index contributed by atoms with van der Waals surface area (Å²) in [6.45, 7) is 1.99. The second-order valence-corrected chi connectivity index (χ2v) is 5.45. The van der Waals surface area contributed by atoms with Crippen molar-refractivity contribution in [3.63, 3.8) is 0 Å². The molecule has 2 aromatic carbocycles. The van der Waals surface area contributed by atoms with E-state index in [2.05, 4.69) is 5.16 Å². The molecule has 7 heteroatoms. The van der Waals surface area contributed by atoms with Gasteiger partial charge in [-0.3, -0.25) is 10.1 Å². The van der Waals surface area contributed by atoms with Crippen LogP contribution in [0.4, 0.5) is 5.69 Å². The van der Waals surface area contributed by atoms with Crippen LogP contribution in [-0.2, 0) is 0 Å². The van der Waals surface area contributed by atoms with E-state index in [1.165, 1.54) is 23.9 Å². The first-order chi connectivity index (χ1) is 10.0. The minimum atomic E-state index is -0.519. The number of oxime groups is 1. The van der Waals surface area contributed by atoms with Crippen molar-refractivity contribution in [3.8, 4) is 0 Å². The highest BCUT2D eigenvalue weighted by Gasteiger charge is 2.14. The van der Waals surface area contributed by atoms with Gasteiger partial charge in [0.05, 0.1) is 4.92 Å². The van der Waals surface area contributed by atoms with Crippen LogP contribution in [0.2, 0.25) is 0 Å². The van der Waals surface area contributed by atoms with Crippen molar-refractivity contribution in [3.05, 3.63) is 63.7 Å². The van der Waals surface area contributed by atoms with Crippen molar-refractivity contribution in [1.29, 1.82) is 0 Å². The van der Waals surface area contributed by atoms with Crippen LogP contribution < -0.4 is 5.73 Å². The van der Waals surface area contributed by atoms with Crippen LogP contribution in [0.1, 0.15) is 11.1 Å². The number of nitro groups is 1. The number of rotatable bonds is 4. The van der Waals surface area contributed by atoms with Gasteiger partial charge < -0.3 is 10.9 Å². The molecule has 0 aliphatic heterocycles. The van der Waals surface area contributed by atoms with Gasteiger partial charge in [-0.05, 0) is 25.1 Å². The molecular formula is C14H13N3O3S. The molecule has 0 saturated heterocycles. The maximum atomic E-state index is 10.8. The Kier molecular flexibility index (Phi) is 4.44. The average Bonchev–Trinajstić information content (AvgIpc) is 2.49. The molecule has 21 heavy (non-hydrogen) atoms. The molecule has 0 saturated carbocycles. The Bertz CT molecular complexity index is 699. The topological polar surface area (TPSA) is 102 Å². The van der Waals surface area contributed by atoms with Crippen molar-refractivity contribution in [1.82, 2.24) is 0 Å². The fourth-order valence-corrected chi connectivity index (χ4v) is 2.64. The summed E-state index contributed by atoms with van der Waals surface area (Å²) >= 11 is 1.39. The first-order valence-electron chi connectivity index (χ1n) is 6.02. The Hall–Kier alpha value is -2.54. The van der Waals surface area contributed by atoms with E-state index in [0.717, 1.165) is 10.5 Å². The number of aryl methyl sites for hydroxylation is 1. The summed E-state index contributed by atoms with van der Waals surface area (Å²) in [5.74, 6) is -0.159. The van der Waals surface area contributed by atoms with Crippen molar-refractivity contribution >= 4 is 23.3 Å². The molecular weight excluding hydrogens is 290 g/mol. The first kappa shape index (κ1) is 14.9. The van der Waals surface area contributed by atoms with Crippen LogP contribution >= 0.6 is 11.8 Å². The van der Waals surface area contributed by atoms with E-state index in [0.29, 0.717) is 10.5 Å². The molecule has 0 unspecified atom stereocenters. The third kappa shape index (κ3) is 3.51. The number of nitrogens with zero attached hydrogens (tertiary/aromatic N) is 2. The molecule has 6 nitrogen and oxygen atoms in total. The quantitative estimate of drug-likeness (QED) is 0.297. The normalized spacial score (nSPS) is 11.4. The zero-order valence-corrected chi connectivity index (χ0v) is 12.0. The molecule has 3 N–H and O–H groups in total. The summed E-state index contributed by atoms with van der Waals surface area (Å²) in [6.07, 6.45) is 0. The smallest absolute Gasteiger partial charge is 0.270 e. The molecule has 108 valence electrons. The van der Waals surface area contributed by atoms with Gasteiger partial charge in [0.1, 0.15) is 0 Å². The number of benzene rings is 2. The maximum Gasteiger partial charge on any atom is 0.270 e. The molecule has 0 fully saturated rings. The van der Waals surface area contributed by atoms with Crippen LogP contribution in [0.3, 0.4) is 0 Å². The van der Waals surface area contributed by atoms with E-state index < -0.39 is 4.92 Å². The highest BCUT2D eigenvalue weighted by molar-refractivity contribution is 7.99. The SMILES string of the molecule is Cc1ccc(Sc2ccc([N+](=O)[O-])cc2C(N)=NO)cc1. The van der Waals surface area contributed by atoms with E-state index in [4.69, 9.17) is 10.9 Å². The lowest BCUT2D eigenvalue weighted by atomic mass is 10.2. The zero-order valence-electron chi connectivity index (χ0n) is 11.2. The summed E-state index contributed by atoms with van der Waals surface area (Å²) in [6, 6.07) is 12.1. The van der Waals surface area contributed by atoms with Gasteiger partial charge in [-0.15, -0.1) is 0 Å². The molecule has 0 bridgehead atoms. The van der Waals surface area contributed by atoms with Crippen molar-refractivity contribution in [2.75, 3.05) is 0 Å². The molecule has 0 atom stereocenters. The predicted molar refractivity (Wildman–Crippen MR) is 80.9 cm³/mol. The Morgan fingerprint density at radius 3 is 2.52 bits per heavy atom. The zero-order chi connectivity index (χ0) is 15.4. The summed E-state index contributed by atoms with van der Waals surface area (Å²) in [5.41, 5.74) is 6.97. The van der Waals surface area contributed by atoms with Gasteiger partial charge in [0.15, 0.2) is 5.84 Å². The number of amidine groups is 1. The first-order valence-corrected chi connectivity index (χ1v) is 6.84. The number of nitro benzene ring substituents is 1. The molecule has 2 rings (SSSR count). The van der Waals surface area contributed by atoms with Crippen molar-refractivity contribution in [2.45, 2.75) is 16.7 Å². The Morgan fingerprint density at radius 1 is 1.29 bits per heavy atom. The summed E-state index contributed by atoms with van der Waals surface area (Å²) in [4.78, 5) is 11.9. The van der Waals surface area contributed by atoms with Crippen molar-refractivity contribution in [2.24, 2.45) is 10.9 Å². The number of hydrogen-bond donors (Lipinski definition) is 2. The summed E-state index contributed by atoms with van der Waals surface area (Å²) in [5, 5.41) is 22.6. The molecule has 0 aliphatic rings. The van der Waals surface area contributed by atoms with Crippen LogP contribution in [0.25, 0.3) is 0 Å². The van der Waals surface area contributed by atoms with Gasteiger partial charge in [-0.1, -0.05) is 34.6 Å². The van der Waals surface area contributed by atoms with Crippen LogP contribution in [0, 0.1) is 17.0 Å². The fourth-order valence-electron chi connectivity index (χ4n) is 1.71. The summed E-state index contributed by atoms with van der Waals surface area (Å²) in [7, 11) is 0. The molecule has 2 aromatic rings. The minimum absolute atomic E-state index is 0.107. The second-order valence-electron chi connectivity index (χ2n) is 4.34. The Balaban J connectivity index is 2.42. The largest absolute Gasteiger partial charge is 0.409 e. The van der Waals surface area contributed by atoms with Gasteiger partial charge in [-0.25, -0.2) is 0 Å². The van der Waals surface area contributed by atoms with Gasteiger partial charge >= 0.3 is 0 Å². The molecule has 0 radical (unpaired) electrons. The number of hydrogen-bond acceptors (Lipinski definition) is 5. The second kappa shape index (κ2) is 6.27. The van der Waals surface area contributed by atoms with Gasteiger partial charge in [0, 0.05) is 27.5 Å². The molecule has 0 amide bonds. The van der Waals surface area contributed by atoms with Gasteiger partial charge in [0.25, 0.3) is 5.69 Å². The third-order valence-electron chi connectivity index (χ3n) is 2.81. The van der Waals surface area contributed by atoms with E-state index in [-0.39, 0.29) is 11.5 Å². The average molecular weight is 303 g/mol. The monoisotopic (exact) mass is 303 g/mol. The fraction of sp³-hybridized carbons (Fsp3) is 0.0714. The van der Waals surface area contributed by atoms with Gasteiger partial charge in [0.2, 0.25) is 0 Å². The number of nitrogens with two attached hydrogens (primary N) is 1. The van der Waals surface area contributed by atoms with E-state index in [1.54, 1.807) is 6.07 Å². The Morgan fingerprint density at radius 2 is 1.95 bits per heavy atom. The third-order valence-corrected chi connectivity index (χ3v) is 3.89. The lowest BCUT2D eigenvalue weighted by Gasteiger charge is -2.08. The molecule has 0 heterocycles. The van der Waals surface area contributed by atoms with Crippen molar-refractivity contribution < 1.29 is 10.1 Å². The van der Waals surface area contributed by atoms with Crippen LogP contribution in [0.5, 0.6) is 0 Å². The lowest BCUT2D eigenvalue weighted by Crippen LogP contribution is -2.14. The molecule has 0 spiro atoms. The van der Waals surface area contributed by atoms with E-state index in [1.807, 2.05) is 31.2 Å².